The molecule has 0 spiro atoms. The van der Waals surface area contributed by atoms with E-state index in [1.165, 1.54) is 48.5 Å². The fourth-order valence-corrected chi connectivity index (χ4v) is 3.69. The molecular formula is C22H22N2O8. The average Bonchev–Trinajstić information content (AvgIpc) is 2.81. The molecule has 168 valence electrons. The van der Waals surface area contributed by atoms with Gasteiger partial charge in [0.05, 0.1) is 34.2 Å². The topological polar surface area (TPSA) is 139 Å². The van der Waals surface area contributed by atoms with Gasteiger partial charge in [-0.05, 0) is 48.9 Å². The third kappa shape index (κ3) is 5.87. The third-order valence-electron chi connectivity index (χ3n) is 5.55. The highest BCUT2D eigenvalue weighted by atomic mass is 16.6. The van der Waals surface area contributed by atoms with Crippen LogP contribution in [0.5, 0.6) is 0 Å². The number of rotatable bonds is 8. The molecule has 10 heteroatoms. The van der Waals surface area contributed by atoms with Crippen molar-refractivity contribution in [3.05, 3.63) is 79.9 Å². The normalized spacial score (nSPS) is 17.9. The summed E-state index contributed by atoms with van der Waals surface area (Å²) in [6.45, 7) is 0.325. The quantitative estimate of drug-likeness (QED) is 0.334. The first-order valence-electron chi connectivity index (χ1n) is 10.2. The Morgan fingerprint density at radius 1 is 0.719 bits per heavy atom. The van der Waals surface area contributed by atoms with Gasteiger partial charge in [-0.2, -0.15) is 0 Å². The Morgan fingerprint density at radius 2 is 1.06 bits per heavy atom. The molecule has 0 unspecified atom stereocenters. The molecule has 2 aromatic rings. The van der Waals surface area contributed by atoms with Crippen molar-refractivity contribution in [3.8, 4) is 0 Å². The zero-order valence-corrected chi connectivity index (χ0v) is 17.2. The van der Waals surface area contributed by atoms with Crippen LogP contribution in [0.15, 0.2) is 48.5 Å². The largest absolute Gasteiger partial charge is 0.462 e. The minimum absolute atomic E-state index is 0.0235. The maximum Gasteiger partial charge on any atom is 0.338 e. The predicted molar refractivity (Wildman–Crippen MR) is 112 cm³/mol. The second-order valence-electron chi connectivity index (χ2n) is 7.61. The first-order valence-corrected chi connectivity index (χ1v) is 10.2. The van der Waals surface area contributed by atoms with Crippen molar-refractivity contribution in [2.24, 2.45) is 11.8 Å². The summed E-state index contributed by atoms with van der Waals surface area (Å²) in [7, 11) is 0. The van der Waals surface area contributed by atoms with E-state index < -0.39 is 21.8 Å². The Hall–Kier alpha value is -3.82. The van der Waals surface area contributed by atoms with Crippen LogP contribution >= 0.6 is 0 Å². The van der Waals surface area contributed by atoms with Gasteiger partial charge in [-0.3, -0.25) is 20.2 Å². The summed E-state index contributed by atoms with van der Waals surface area (Å²) >= 11 is 0. The molecule has 1 aliphatic carbocycles. The minimum Gasteiger partial charge on any atom is -0.462 e. The number of esters is 2. The Labute approximate surface area is 183 Å². The SMILES string of the molecule is O=C(OC[C@H]1CCCC[C@@H]1COC(=O)c1ccc([N+](=O)[O-])cc1)c1ccc([N+](=O)[O-])cc1. The Morgan fingerprint density at radius 3 is 1.38 bits per heavy atom. The van der Waals surface area contributed by atoms with Crippen LogP contribution in [0.3, 0.4) is 0 Å². The lowest BCUT2D eigenvalue weighted by Crippen LogP contribution is -2.29. The van der Waals surface area contributed by atoms with Crippen molar-refractivity contribution in [1.82, 2.24) is 0 Å². The van der Waals surface area contributed by atoms with Crippen molar-refractivity contribution < 1.29 is 28.9 Å². The van der Waals surface area contributed by atoms with E-state index in [2.05, 4.69) is 0 Å². The first kappa shape index (κ1) is 22.9. The van der Waals surface area contributed by atoms with Gasteiger partial charge in [-0.25, -0.2) is 9.59 Å². The van der Waals surface area contributed by atoms with Gasteiger partial charge >= 0.3 is 11.9 Å². The lowest BCUT2D eigenvalue weighted by atomic mass is 9.80. The van der Waals surface area contributed by atoms with Crippen LogP contribution < -0.4 is 0 Å². The van der Waals surface area contributed by atoms with Gasteiger partial charge in [0.1, 0.15) is 0 Å². The van der Waals surface area contributed by atoms with Crippen LogP contribution in [0.25, 0.3) is 0 Å². The van der Waals surface area contributed by atoms with Gasteiger partial charge in [0, 0.05) is 24.3 Å². The smallest absolute Gasteiger partial charge is 0.338 e. The highest BCUT2D eigenvalue weighted by molar-refractivity contribution is 5.90. The Bertz CT molecular complexity index is 906. The van der Waals surface area contributed by atoms with Crippen molar-refractivity contribution in [2.75, 3.05) is 13.2 Å². The lowest BCUT2D eigenvalue weighted by molar-refractivity contribution is -0.385. The summed E-state index contributed by atoms with van der Waals surface area (Å²) in [5, 5.41) is 21.4. The van der Waals surface area contributed by atoms with Crippen LogP contribution in [0, 0.1) is 32.1 Å². The molecule has 32 heavy (non-hydrogen) atoms. The number of ether oxygens (including phenoxy) is 2. The summed E-state index contributed by atoms with van der Waals surface area (Å²) < 4.78 is 10.8. The van der Waals surface area contributed by atoms with E-state index in [1.54, 1.807) is 0 Å². The number of nitro groups is 2. The monoisotopic (exact) mass is 442 g/mol. The first-order chi connectivity index (χ1) is 15.3. The highest BCUT2D eigenvalue weighted by Crippen LogP contribution is 2.31. The average molecular weight is 442 g/mol. The molecule has 0 bridgehead atoms. The number of carbonyl (C=O) groups is 2. The molecule has 1 aliphatic rings. The van der Waals surface area contributed by atoms with Crippen molar-refractivity contribution in [3.63, 3.8) is 0 Å². The van der Waals surface area contributed by atoms with Crippen LogP contribution in [0.1, 0.15) is 46.4 Å². The molecule has 0 aromatic heterocycles. The van der Waals surface area contributed by atoms with E-state index in [9.17, 15) is 29.8 Å². The molecule has 0 amide bonds. The molecule has 0 heterocycles. The highest BCUT2D eigenvalue weighted by Gasteiger charge is 2.28. The van der Waals surface area contributed by atoms with E-state index in [4.69, 9.17) is 9.47 Å². The van der Waals surface area contributed by atoms with Crippen LogP contribution in [-0.2, 0) is 9.47 Å². The minimum atomic E-state index is -0.563. The zero-order chi connectivity index (χ0) is 23.1. The molecule has 2 atom stereocenters. The third-order valence-corrected chi connectivity index (χ3v) is 5.55. The van der Waals surface area contributed by atoms with Crippen molar-refractivity contribution in [2.45, 2.75) is 25.7 Å². The van der Waals surface area contributed by atoms with Crippen LogP contribution in [-0.4, -0.2) is 35.0 Å². The molecule has 1 fully saturated rings. The molecule has 0 aliphatic heterocycles. The number of carbonyl (C=O) groups excluding carboxylic acids is 2. The van der Waals surface area contributed by atoms with E-state index in [0.29, 0.717) is 0 Å². The van der Waals surface area contributed by atoms with Gasteiger partial charge in [0.25, 0.3) is 11.4 Å². The van der Waals surface area contributed by atoms with E-state index in [-0.39, 0.29) is 47.6 Å². The molecule has 3 rings (SSSR count). The fraction of sp³-hybridized carbons (Fsp3) is 0.364. The van der Waals surface area contributed by atoms with E-state index >= 15 is 0 Å². The number of nitro benzene ring substituents is 2. The Kier molecular flexibility index (Phi) is 7.48. The summed E-state index contributed by atoms with van der Waals surface area (Å²) in [5.74, 6) is -1.08. The number of non-ortho nitro benzene ring substituents is 2. The standard InChI is InChI=1S/C22H22N2O8/c25-21(15-5-9-19(10-6-15)23(27)28)31-13-17-3-1-2-4-18(17)14-32-22(26)16-7-11-20(12-8-16)24(29)30/h5-12,17-18H,1-4,13-14H2/t17-,18-/m1/s1. The lowest BCUT2D eigenvalue weighted by Gasteiger charge is -2.30. The predicted octanol–water partition coefficient (Wildman–Crippen LogP) is 4.32. The second-order valence-corrected chi connectivity index (χ2v) is 7.61. The molecule has 0 saturated heterocycles. The maximum absolute atomic E-state index is 12.3. The van der Waals surface area contributed by atoms with E-state index in [0.717, 1.165) is 25.7 Å². The van der Waals surface area contributed by atoms with Crippen molar-refractivity contribution in [1.29, 1.82) is 0 Å². The molecule has 2 aromatic carbocycles. The molecule has 10 nitrogen and oxygen atoms in total. The zero-order valence-electron chi connectivity index (χ0n) is 17.2. The van der Waals surface area contributed by atoms with Gasteiger partial charge < -0.3 is 9.47 Å². The van der Waals surface area contributed by atoms with Gasteiger partial charge in [0.15, 0.2) is 0 Å². The maximum atomic E-state index is 12.3. The molecule has 0 N–H and O–H groups in total. The molecule has 1 saturated carbocycles. The molecule has 0 radical (unpaired) electrons. The second kappa shape index (κ2) is 10.5. The van der Waals surface area contributed by atoms with Gasteiger partial charge in [0.2, 0.25) is 0 Å². The van der Waals surface area contributed by atoms with Crippen LogP contribution in [0.4, 0.5) is 11.4 Å². The number of hydrogen-bond acceptors (Lipinski definition) is 8. The van der Waals surface area contributed by atoms with Crippen molar-refractivity contribution >= 4 is 23.3 Å². The van der Waals surface area contributed by atoms with Gasteiger partial charge in [-0.15, -0.1) is 0 Å². The van der Waals surface area contributed by atoms with E-state index in [1.807, 2.05) is 0 Å². The fourth-order valence-electron chi connectivity index (χ4n) is 3.69. The summed E-state index contributed by atoms with van der Waals surface area (Å²) in [6.07, 6.45) is 3.61. The van der Waals surface area contributed by atoms with Gasteiger partial charge in [-0.1, -0.05) is 12.8 Å². The molecular weight excluding hydrogens is 420 g/mol. The Balaban J connectivity index is 1.52. The summed E-state index contributed by atoms with van der Waals surface area (Å²) in [4.78, 5) is 44.9. The number of nitrogens with zero attached hydrogens (tertiary/aromatic N) is 2. The number of hydrogen-bond donors (Lipinski definition) is 0. The van der Waals surface area contributed by atoms with Crippen LogP contribution in [0.2, 0.25) is 0 Å². The summed E-state index contributed by atoms with van der Waals surface area (Å²) in [6, 6.07) is 10.4. The number of benzene rings is 2. The summed E-state index contributed by atoms with van der Waals surface area (Å²) in [5.41, 5.74) is 0.243.